The lowest BCUT2D eigenvalue weighted by molar-refractivity contribution is 0.629. The Morgan fingerprint density at radius 2 is 1.69 bits per heavy atom. The van der Waals surface area contributed by atoms with E-state index in [-0.39, 0.29) is 0 Å². The highest BCUT2D eigenvalue weighted by Gasteiger charge is 2.37. The van der Waals surface area contributed by atoms with Gasteiger partial charge < -0.3 is 0 Å². The predicted molar refractivity (Wildman–Crippen MR) is 126 cm³/mol. The molecule has 0 saturated heterocycles. The van der Waals surface area contributed by atoms with Crippen molar-refractivity contribution in [2.45, 2.75) is 18.8 Å². The van der Waals surface area contributed by atoms with Gasteiger partial charge in [-0.2, -0.15) is 0 Å². The second-order valence-electron chi connectivity index (χ2n) is 8.59. The Morgan fingerprint density at radius 1 is 0.793 bits per heavy atom. The van der Waals surface area contributed by atoms with E-state index in [2.05, 4.69) is 98.9 Å². The monoisotopic (exact) mass is 370 g/mol. The molecule has 6 rings (SSSR count). The van der Waals surface area contributed by atoms with Gasteiger partial charge in [-0.25, -0.2) is 0 Å². The normalized spacial score (nSPS) is 23.6. The van der Waals surface area contributed by atoms with Gasteiger partial charge in [0.05, 0.1) is 0 Å². The first-order valence-corrected chi connectivity index (χ1v) is 10.7. The zero-order chi connectivity index (χ0) is 19.4. The van der Waals surface area contributed by atoms with Crippen molar-refractivity contribution in [2.75, 3.05) is 0 Å². The smallest absolute Gasteiger partial charge is 0.110 e. The highest BCUT2D eigenvalue weighted by Crippen LogP contribution is 2.52. The summed E-state index contributed by atoms with van der Waals surface area (Å²) in [4.78, 5) is 0. The number of benzene rings is 2. The van der Waals surface area contributed by atoms with Gasteiger partial charge >= 0.3 is 0 Å². The molecular weight excluding hydrogens is 347 g/mol. The fourth-order valence-electron chi connectivity index (χ4n) is 5.39. The summed E-state index contributed by atoms with van der Waals surface area (Å²) in [7, 11) is 2.24. The zero-order valence-corrected chi connectivity index (χ0v) is 16.7. The molecule has 2 aromatic carbocycles. The molecule has 2 atom stereocenters. The lowest BCUT2D eigenvalue weighted by Gasteiger charge is -2.39. The van der Waals surface area contributed by atoms with Crippen LogP contribution in [0.1, 0.15) is 35.4 Å². The van der Waals surface area contributed by atoms with Crippen LogP contribution in [0.4, 0.5) is 0 Å². The van der Waals surface area contributed by atoms with Crippen molar-refractivity contribution in [3.05, 3.63) is 118 Å². The number of hydrogen-bond acceptors (Lipinski definition) is 0. The maximum atomic E-state index is 2.47. The van der Waals surface area contributed by atoms with Gasteiger partial charge in [0, 0.05) is 11.8 Å². The average molecular weight is 370 g/mol. The summed E-state index contributed by atoms with van der Waals surface area (Å²) in [5.41, 5.74) is 12.9. The Morgan fingerprint density at radius 3 is 2.52 bits per heavy atom. The van der Waals surface area contributed by atoms with Crippen molar-refractivity contribution in [1.29, 1.82) is 0 Å². The van der Waals surface area contributed by atoms with Crippen molar-refractivity contribution in [2.24, 2.45) is 5.92 Å². The third kappa shape index (κ3) is 2.61. The predicted octanol–water partition coefficient (Wildman–Crippen LogP) is 6.21. The Kier molecular flexibility index (Phi) is 3.77. The highest BCUT2D eigenvalue weighted by atomic mass is 14.4. The summed E-state index contributed by atoms with van der Waals surface area (Å²) in [6, 6.07) is 15.4. The molecule has 0 radical (unpaired) electrons. The lowest BCUT2D eigenvalue weighted by atomic mass is 9.64. The van der Waals surface area contributed by atoms with Crippen LogP contribution in [-0.2, 0) is 0 Å². The average Bonchev–Trinajstić information content (AvgIpc) is 2.78. The minimum atomic E-state index is 0.437. The van der Waals surface area contributed by atoms with E-state index in [4.69, 9.17) is 0 Å². The van der Waals surface area contributed by atoms with Gasteiger partial charge in [-0.05, 0) is 57.4 Å². The van der Waals surface area contributed by atoms with Gasteiger partial charge in [0.2, 0.25) is 0 Å². The van der Waals surface area contributed by atoms with Crippen LogP contribution >= 0.6 is 0 Å². The quantitative estimate of drug-likeness (QED) is 0.551. The molecule has 2 aromatic rings. The Bertz CT molecular complexity index is 1200. The zero-order valence-electron chi connectivity index (χ0n) is 16.7. The topological polar surface area (TPSA) is 0 Å². The van der Waals surface area contributed by atoms with Gasteiger partial charge in [0.15, 0.2) is 0 Å². The van der Waals surface area contributed by atoms with Crippen molar-refractivity contribution in [1.82, 2.24) is 0 Å². The molecule has 4 aliphatic rings. The minimum absolute atomic E-state index is 0.437. The number of allylic oxidation sites excluding steroid dienone is 10. The molecule has 0 saturated carbocycles. The van der Waals surface area contributed by atoms with E-state index in [9.17, 15) is 0 Å². The van der Waals surface area contributed by atoms with E-state index in [1.165, 1.54) is 56.4 Å². The second-order valence-corrected chi connectivity index (χ2v) is 8.59. The van der Waals surface area contributed by atoms with Gasteiger partial charge in [0.1, 0.15) is 7.85 Å². The van der Waals surface area contributed by atoms with E-state index < -0.39 is 0 Å². The van der Waals surface area contributed by atoms with Crippen molar-refractivity contribution >= 4 is 20.0 Å². The maximum absolute atomic E-state index is 2.47. The SMILES string of the molecule is BC1=CC=C(C2=CC=C3C=Cc4ccc(-c5ccccc5)c5c4C3C2C=C5)CC1. The van der Waals surface area contributed by atoms with Gasteiger partial charge in [-0.3, -0.25) is 0 Å². The van der Waals surface area contributed by atoms with E-state index in [1.54, 1.807) is 0 Å². The Labute approximate surface area is 173 Å². The third-order valence-electron chi connectivity index (χ3n) is 6.90. The summed E-state index contributed by atoms with van der Waals surface area (Å²) in [6.07, 6.45) is 21.2. The maximum Gasteiger partial charge on any atom is 0.133 e. The van der Waals surface area contributed by atoms with Crippen LogP contribution in [0.2, 0.25) is 0 Å². The Hall–Kier alpha value is -3.06. The van der Waals surface area contributed by atoms with Crippen LogP contribution in [0.25, 0.3) is 23.3 Å². The molecule has 0 fully saturated rings. The molecule has 138 valence electrons. The van der Waals surface area contributed by atoms with Crippen LogP contribution in [0.3, 0.4) is 0 Å². The molecule has 29 heavy (non-hydrogen) atoms. The van der Waals surface area contributed by atoms with Crippen molar-refractivity contribution in [3.8, 4) is 11.1 Å². The molecule has 0 heterocycles. The molecule has 0 amide bonds. The van der Waals surface area contributed by atoms with Gasteiger partial charge in [0.25, 0.3) is 0 Å². The summed E-state index contributed by atoms with van der Waals surface area (Å²) in [6.45, 7) is 0. The second kappa shape index (κ2) is 6.49. The molecule has 0 nitrogen and oxygen atoms in total. The van der Waals surface area contributed by atoms with E-state index >= 15 is 0 Å². The van der Waals surface area contributed by atoms with Crippen molar-refractivity contribution < 1.29 is 0 Å². The first kappa shape index (κ1) is 16.9. The fraction of sp³-hybridized carbons (Fsp3) is 0.143. The molecule has 1 heteroatoms. The first-order valence-electron chi connectivity index (χ1n) is 10.7. The lowest BCUT2D eigenvalue weighted by Crippen LogP contribution is -2.25. The number of rotatable bonds is 2. The molecule has 0 aromatic heterocycles. The van der Waals surface area contributed by atoms with E-state index in [1.807, 2.05) is 0 Å². The van der Waals surface area contributed by atoms with Crippen LogP contribution in [0.15, 0.2) is 101 Å². The molecule has 0 N–H and O–H groups in total. The molecular formula is C28H23B. The largest absolute Gasteiger partial charge is 0.133 e. The van der Waals surface area contributed by atoms with Gasteiger partial charge in [-0.15, -0.1) is 5.47 Å². The van der Waals surface area contributed by atoms with Gasteiger partial charge in [-0.1, -0.05) is 91.1 Å². The van der Waals surface area contributed by atoms with Crippen LogP contribution < -0.4 is 0 Å². The molecule has 2 unspecified atom stereocenters. The summed E-state index contributed by atoms with van der Waals surface area (Å²) >= 11 is 0. The summed E-state index contributed by atoms with van der Waals surface area (Å²) in [5, 5.41) is 0. The molecule has 0 spiro atoms. The van der Waals surface area contributed by atoms with Crippen LogP contribution in [0, 0.1) is 5.92 Å². The van der Waals surface area contributed by atoms with E-state index in [0.717, 1.165) is 6.42 Å². The third-order valence-corrected chi connectivity index (χ3v) is 6.90. The Balaban J connectivity index is 1.52. The molecule has 4 aliphatic carbocycles. The minimum Gasteiger partial charge on any atom is -0.110 e. The van der Waals surface area contributed by atoms with E-state index in [0.29, 0.717) is 11.8 Å². The summed E-state index contributed by atoms with van der Waals surface area (Å²) < 4.78 is 0. The fourth-order valence-corrected chi connectivity index (χ4v) is 5.39. The van der Waals surface area contributed by atoms with Crippen LogP contribution in [-0.4, -0.2) is 7.85 Å². The summed E-state index contributed by atoms with van der Waals surface area (Å²) in [5.74, 6) is 0.877. The number of hydrogen-bond donors (Lipinski definition) is 0. The van der Waals surface area contributed by atoms with Crippen LogP contribution in [0.5, 0.6) is 0 Å². The molecule has 0 aliphatic heterocycles. The first-order chi connectivity index (χ1) is 14.3. The molecule has 0 bridgehead atoms. The highest BCUT2D eigenvalue weighted by molar-refractivity contribution is 6.21. The van der Waals surface area contributed by atoms with Crippen molar-refractivity contribution in [3.63, 3.8) is 0 Å². The standard InChI is InChI=1S/C28H23B/c29-22-12-8-19(9-13-22)24-15-11-21-7-6-20-10-14-23(18-4-2-1-3-5-18)25-16-17-26(24)28(21)27(20)25/h1-8,10-12,14-17,26,28H,9,13,29H2.